The fraction of sp³-hybridized carbons (Fsp3) is 0.391. The molecule has 30 heavy (non-hydrogen) atoms. The zero-order chi connectivity index (χ0) is 21.3. The van der Waals surface area contributed by atoms with E-state index in [1.807, 2.05) is 0 Å². The van der Waals surface area contributed by atoms with Crippen LogP contribution < -0.4 is 0 Å². The lowest BCUT2D eigenvalue weighted by atomic mass is 9.94. The molecule has 158 valence electrons. The maximum absolute atomic E-state index is 14.1. The first kappa shape index (κ1) is 20.4. The summed E-state index contributed by atoms with van der Waals surface area (Å²) in [4.78, 5) is 29.0. The summed E-state index contributed by atoms with van der Waals surface area (Å²) >= 11 is 0. The number of amides is 2. The van der Waals surface area contributed by atoms with Crippen molar-refractivity contribution in [1.29, 1.82) is 0 Å². The number of halogens is 3. The van der Waals surface area contributed by atoms with Crippen LogP contribution in [0.25, 0.3) is 0 Å². The SMILES string of the molecule is O=C(c1ccc(F)cc1F)N1CCC(C(=O)N(Cc2ccccc2F)C2CC2)CC1. The van der Waals surface area contributed by atoms with Gasteiger partial charge in [0.25, 0.3) is 5.91 Å². The minimum Gasteiger partial charge on any atom is -0.339 e. The minimum atomic E-state index is -0.886. The summed E-state index contributed by atoms with van der Waals surface area (Å²) in [6.45, 7) is 0.893. The molecule has 2 aromatic carbocycles. The van der Waals surface area contributed by atoms with E-state index in [1.165, 1.54) is 11.0 Å². The van der Waals surface area contributed by atoms with Crippen LogP contribution in [0.15, 0.2) is 42.5 Å². The lowest BCUT2D eigenvalue weighted by molar-refractivity contribution is -0.138. The van der Waals surface area contributed by atoms with Crippen molar-refractivity contribution in [1.82, 2.24) is 9.80 Å². The van der Waals surface area contributed by atoms with Gasteiger partial charge in [-0.15, -0.1) is 0 Å². The normalized spacial score (nSPS) is 17.1. The van der Waals surface area contributed by atoms with Gasteiger partial charge in [-0.3, -0.25) is 9.59 Å². The number of hydrogen-bond donors (Lipinski definition) is 0. The van der Waals surface area contributed by atoms with Crippen molar-refractivity contribution in [3.05, 3.63) is 71.0 Å². The number of hydrogen-bond acceptors (Lipinski definition) is 2. The first-order chi connectivity index (χ1) is 14.4. The Morgan fingerprint density at radius 2 is 1.63 bits per heavy atom. The van der Waals surface area contributed by atoms with Gasteiger partial charge in [-0.05, 0) is 43.9 Å². The summed E-state index contributed by atoms with van der Waals surface area (Å²) in [6, 6.07) is 9.51. The maximum atomic E-state index is 14.1. The molecule has 2 fully saturated rings. The predicted molar refractivity (Wildman–Crippen MR) is 105 cm³/mol. The predicted octanol–water partition coefficient (Wildman–Crippen LogP) is 4.15. The van der Waals surface area contributed by atoms with Gasteiger partial charge in [-0.2, -0.15) is 0 Å². The van der Waals surface area contributed by atoms with Crippen LogP contribution in [0.1, 0.15) is 41.6 Å². The molecule has 4 nitrogen and oxygen atoms in total. The Balaban J connectivity index is 1.39. The first-order valence-corrected chi connectivity index (χ1v) is 10.2. The Bertz CT molecular complexity index is 953. The zero-order valence-electron chi connectivity index (χ0n) is 16.5. The van der Waals surface area contributed by atoms with Crippen LogP contribution in [-0.2, 0) is 11.3 Å². The van der Waals surface area contributed by atoms with Gasteiger partial charge in [0.2, 0.25) is 5.91 Å². The quantitative estimate of drug-likeness (QED) is 0.735. The molecule has 0 unspecified atom stereocenters. The van der Waals surface area contributed by atoms with E-state index in [-0.39, 0.29) is 35.8 Å². The number of likely N-dealkylation sites (tertiary alicyclic amines) is 1. The largest absolute Gasteiger partial charge is 0.339 e. The van der Waals surface area contributed by atoms with E-state index < -0.39 is 17.5 Å². The number of rotatable bonds is 5. The van der Waals surface area contributed by atoms with Crippen LogP contribution in [0.2, 0.25) is 0 Å². The smallest absolute Gasteiger partial charge is 0.256 e. The van der Waals surface area contributed by atoms with Crippen LogP contribution in [0, 0.1) is 23.4 Å². The van der Waals surface area contributed by atoms with E-state index in [2.05, 4.69) is 0 Å². The summed E-state index contributed by atoms with van der Waals surface area (Å²) in [5.74, 6) is -2.70. The Labute approximate surface area is 173 Å². The van der Waals surface area contributed by atoms with Gasteiger partial charge in [-0.25, -0.2) is 13.2 Å². The van der Waals surface area contributed by atoms with Gasteiger partial charge in [0.1, 0.15) is 17.5 Å². The highest BCUT2D eigenvalue weighted by Gasteiger charge is 2.38. The molecule has 1 aliphatic carbocycles. The van der Waals surface area contributed by atoms with Gasteiger partial charge in [0.15, 0.2) is 0 Å². The molecule has 2 aliphatic rings. The molecule has 1 heterocycles. The van der Waals surface area contributed by atoms with Crippen molar-refractivity contribution >= 4 is 11.8 Å². The molecule has 0 N–H and O–H groups in total. The van der Waals surface area contributed by atoms with Gasteiger partial charge in [-0.1, -0.05) is 18.2 Å². The Morgan fingerprint density at radius 1 is 0.933 bits per heavy atom. The van der Waals surface area contributed by atoms with Crippen molar-refractivity contribution in [2.45, 2.75) is 38.3 Å². The first-order valence-electron chi connectivity index (χ1n) is 10.2. The molecule has 0 atom stereocenters. The molecular weight excluding hydrogens is 393 g/mol. The third-order valence-corrected chi connectivity index (χ3v) is 5.86. The molecule has 2 aromatic rings. The second-order valence-corrected chi connectivity index (χ2v) is 7.98. The highest BCUT2D eigenvalue weighted by atomic mass is 19.1. The molecule has 1 saturated carbocycles. The molecule has 7 heteroatoms. The zero-order valence-corrected chi connectivity index (χ0v) is 16.5. The van der Waals surface area contributed by atoms with E-state index in [0.717, 1.165) is 25.0 Å². The third-order valence-electron chi connectivity index (χ3n) is 5.86. The topological polar surface area (TPSA) is 40.6 Å². The van der Waals surface area contributed by atoms with E-state index >= 15 is 0 Å². The molecular formula is C23H23F3N2O2. The molecule has 0 aromatic heterocycles. The monoisotopic (exact) mass is 416 g/mol. The van der Waals surface area contributed by atoms with Gasteiger partial charge < -0.3 is 9.80 Å². The van der Waals surface area contributed by atoms with Crippen molar-refractivity contribution in [2.24, 2.45) is 5.92 Å². The highest BCUT2D eigenvalue weighted by molar-refractivity contribution is 5.94. The average molecular weight is 416 g/mol. The van der Waals surface area contributed by atoms with E-state index in [9.17, 15) is 22.8 Å². The van der Waals surface area contributed by atoms with Gasteiger partial charge in [0, 0.05) is 43.2 Å². The summed E-state index contributed by atoms with van der Waals surface area (Å²) in [5, 5.41) is 0. The van der Waals surface area contributed by atoms with Gasteiger partial charge in [0.05, 0.1) is 5.56 Å². The second-order valence-electron chi connectivity index (χ2n) is 7.98. The lowest BCUT2D eigenvalue weighted by Gasteiger charge is -2.34. The lowest BCUT2D eigenvalue weighted by Crippen LogP contribution is -2.45. The third kappa shape index (κ3) is 4.35. The number of piperidine rings is 1. The molecule has 4 rings (SSSR count). The minimum absolute atomic E-state index is 0.0131. The van der Waals surface area contributed by atoms with Crippen molar-refractivity contribution in [3.8, 4) is 0 Å². The molecule has 0 spiro atoms. The Hall–Kier alpha value is -2.83. The number of nitrogens with zero attached hydrogens (tertiary/aromatic N) is 2. The molecule has 0 bridgehead atoms. The van der Waals surface area contributed by atoms with Crippen LogP contribution in [0.4, 0.5) is 13.2 Å². The number of carbonyl (C=O) groups excluding carboxylic acids is 2. The van der Waals surface area contributed by atoms with Crippen molar-refractivity contribution in [2.75, 3.05) is 13.1 Å². The summed E-state index contributed by atoms with van der Waals surface area (Å²) in [5.41, 5.74) is 0.331. The Kier molecular flexibility index (Phi) is 5.79. The summed E-state index contributed by atoms with van der Waals surface area (Å²) < 4.78 is 41.1. The van der Waals surface area contributed by atoms with Crippen LogP contribution in [0.5, 0.6) is 0 Å². The molecule has 2 amide bonds. The van der Waals surface area contributed by atoms with Crippen LogP contribution in [-0.4, -0.2) is 40.7 Å². The maximum Gasteiger partial charge on any atom is 0.256 e. The Morgan fingerprint density at radius 3 is 2.27 bits per heavy atom. The summed E-state index contributed by atoms with van der Waals surface area (Å²) in [6.07, 6.45) is 2.77. The van der Waals surface area contributed by atoms with Crippen LogP contribution >= 0.6 is 0 Å². The molecule has 1 aliphatic heterocycles. The summed E-state index contributed by atoms with van der Waals surface area (Å²) in [7, 11) is 0. The fourth-order valence-corrected chi connectivity index (χ4v) is 3.98. The van der Waals surface area contributed by atoms with Crippen molar-refractivity contribution in [3.63, 3.8) is 0 Å². The fourth-order valence-electron chi connectivity index (χ4n) is 3.98. The molecule has 0 radical (unpaired) electrons. The standard InChI is InChI=1S/C23H23F3N2O2/c24-17-5-8-19(21(26)13-17)23(30)27-11-9-15(10-12-27)22(29)28(18-6-7-18)14-16-3-1-2-4-20(16)25/h1-5,8,13,15,18H,6-7,9-12,14H2. The highest BCUT2D eigenvalue weighted by Crippen LogP contribution is 2.32. The van der Waals surface area contributed by atoms with E-state index in [0.29, 0.717) is 37.6 Å². The number of carbonyl (C=O) groups is 2. The second kappa shape index (κ2) is 8.50. The van der Waals surface area contributed by atoms with Crippen LogP contribution in [0.3, 0.4) is 0 Å². The van der Waals surface area contributed by atoms with E-state index in [1.54, 1.807) is 23.1 Å². The average Bonchev–Trinajstić information content (AvgIpc) is 3.58. The molecule has 1 saturated heterocycles. The number of benzene rings is 2. The van der Waals surface area contributed by atoms with Gasteiger partial charge >= 0.3 is 0 Å². The van der Waals surface area contributed by atoms with Crippen molar-refractivity contribution < 1.29 is 22.8 Å². The van der Waals surface area contributed by atoms with E-state index in [4.69, 9.17) is 0 Å².